The molecule has 1 aliphatic rings. The zero-order chi connectivity index (χ0) is 8.32. The van der Waals surface area contributed by atoms with Crippen molar-refractivity contribution in [1.29, 1.82) is 0 Å². The van der Waals surface area contributed by atoms with Gasteiger partial charge in [0.1, 0.15) is 0 Å². The van der Waals surface area contributed by atoms with E-state index < -0.39 is 11.1 Å². The molecule has 1 N–H and O–H groups in total. The van der Waals surface area contributed by atoms with Crippen molar-refractivity contribution in [1.82, 2.24) is 0 Å². The van der Waals surface area contributed by atoms with Crippen LogP contribution in [0.4, 0.5) is 0 Å². The highest BCUT2D eigenvalue weighted by atomic mass is 32.2. The van der Waals surface area contributed by atoms with Gasteiger partial charge >= 0.3 is 0 Å². The summed E-state index contributed by atoms with van der Waals surface area (Å²) in [6, 6.07) is 0. The van der Waals surface area contributed by atoms with Crippen LogP contribution in [-0.4, -0.2) is 26.7 Å². The first kappa shape index (κ1) is 9.16. The molecule has 0 amide bonds. The minimum Gasteiger partial charge on any atom is -0.374 e. The lowest BCUT2D eigenvalue weighted by molar-refractivity contribution is -0.0770. The van der Waals surface area contributed by atoms with Crippen LogP contribution in [0.15, 0.2) is 0 Å². The molecule has 1 rings (SSSR count). The molecule has 0 aliphatic heterocycles. The molecule has 1 fully saturated rings. The highest BCUT2D eigenvalue weighted by Gasteiger charge is 2.39. The van der Waals surface area contributed by atoms with Gasteiger partial charge in [-0.1, -0.05) is 0 Å². The zero-order valence-corrected chi connectivity index (χ0v) is 7.52. The second-order valence-electron chi connectivity index (χ2n) is 2.94. The Kier molecular flexibility index (Phi) is 3.04. The third kappa shape index (κ3) is 2.25. The Morgan fingerprint density at radius 3 is 2.55 bits per heavy atom. The summed E-state index contributed by atoms with van der Waals surface area (Å²) in [6.45, 7) is 2.55. The van der Waals surface area contributed by atoms with Crippen LogP contribution in [-0.2, 0) is 15.8 Å². The molecule has 1 aliphatic carbocycles. The minimum atomic E-state index is -1.71. The minimum absolute atomic E-state index is 0.256. The van der Waals surface area contributed by atoms with E-state index in [-0.39, 0.29) is 11.4 Å². The third-order valence-corrected chi connectivity index (χ3v) is 2.87. The Morgan fingerprint density at radius 1 is 1.64 bits per heavy atom. The van der Waals surface area contributed by atoms with E-state index in [0.717, 1.165) is 19.3 Å². The van der Waals surface area contributed by atoms with E-state index in [1.165, 1.54) is 0 Å². The van der Waals surface area contributed by atoms with Gasteiger partial charge in [-0.25, -0.2) is 4.21 Å². The highest BCUT2D eigenvalue weighted by Crippen LogP contribution is 2.35. The van der Waals surface area contributed by atoms with Gasteiger partial charge in [0.25, 0.3) is 0 Å². The van der Waals surface area contributed by atoms with Crippen LogP contribution in [0.3, 0.4) is 0 Å². The predicted molar refractivity (Wildman–Crippen MR) is 43.8 cm³/mol. The Bertz CT molecular complexity index is 154. The van der Waals surface area contributed by atoms with E-state index in [1.807, 2.05) is 6.92 Å². The highest BCUT2D eigenvalue weighted by molar-refractivity contribution is 7.79. The molecule has 4 heteroatoms. The maximum absolute atomic E-state index is 10.5. The summed E-state index contributed by atoms with van der Waals surface area (Å²) >= 11 is -1.71. The lowest BCUT2D eigenvalue weighted by atomic mass is 9.82. The van der Waals surface area contributed by atoms with Crippen molar-refractivity contribution < 1.29 is 13.5 Å². The first-order valence-electron chi connectivity index (χ1n) is 3.90. The largest absolute Gasteiger partial charge is 0.374 e. The van der Waals surface area contributed by atoms with Gasteiger partial charge in [0, 0.05) is 6.61 Å². The fourth-order valence-electron chi connectivity index (χ4n) is 1.43. The van der Waals surface area contributed by atoms with Crippen LogP contribution in [0.1, 0.15) is 26.2 Å². The van der Waals surface area contributed by atoms with Crippen molar-refractivity contribution >= 4 is 11.1 Å². The SMILES string of the molecule is CCOC1(CS(=O)O)CCC1. The average molecular weight is 178 g/mol. The van der Waals surface area contributed by atoms with E-state index in [0.29, 0.717) is 6.61 Å². The van der Waals surface area contributed by atoms with Gasteiger partial charge in [-0.2, -0.15) is 0 Å². The van der Waals surface area contributed by atoms with Crippen molar-refractivity contribution in [2.45, 2.75) is 31.8 Å². The Balaban J connectivity index is 2.39. The summed E-state index contributed by atoms with van der Waals surface area (Å²) in [4.78, 5) is 0. The number of hydrogen-bond donors (Lipinski definition) is 1. The second-order valence-corrected chi connectivity index (χ2v) is 3.87. The molecule has 0 spiro atoms. The van der Waals surface area contributed by atoms with Crippen molar-refractivity contribution in [2.75, 3.05) is 12.4 Å². The van der Waals surface area contributed by atoms with Crippen LogP contribution in [0.25, 0.3) is 0 Å². The van der Waals surface area contributed by atoms with Crippen LogP contribution < -0.4 is 0 Å². The molecule has 0 heterocycles. The number of ether oxygens (including phenoxy) is 1. The molecular weight excluding hydrogens is 164 g/mol. The van der Waals surface area contributed by atoms with Gasteiger partial charge < -0.3 is 9.29 Å². The fraction of sp³-hybridized carbons (Fsp3) is 1.00. The molecule has 0 aromatic carbocycles. The summed E-state index contributed by atoms with van der Waals surface area (Å²) in [7, 11) is 0. The monoisotopic (exact) mass is 178 g/mol. The van der Waals surface area contributed by atoms with Crippen molar-refractivity contribution in [3.8, 4) is 0 Å². The van der Waals surface area contributed by atoms with Crippen LogP contribution in [0.2, 0.25) is 0 Å². The van der Waals surface area contributed by atoms with Gasteiger partial charge in [-0.15, -0.1) is 0 Å². The summed E-state index contributed by atoms with van der Waals surface area (Å²) in [6.07, 6.45) is 3.00. The van der Waals surface area contributed by atoms with E-state index in [1.54, 1.807) is 0 Å². The Hall–Kier alpha value is 0.0700. The molecule has 0 bridgehead atoms. The summed E-state index contributed by atoms with van der Waals surface area (Å²) in [5.74, 6) is 0.279. The maximum atomic E-state index is 10.5. The molecule has 1 atom stereocenters. The van der Waals surface area contributed by atoms with Crippen LogP contribution in [0.5, 0.6) is 0 Å². The predicted octanol–water partition coefficient (Wildman–Crippen LogP) is 1.17. The smallest absolute Gasteiger partial charge is 0.155 e. The lowest BCUT2D eigenvalue weighted by Gasteiger charge is -2.40. The number of rotatable bonds is 4. The normalized spacial score (nSPS) is 24.2. The van der Waals surface area contributed by atoms with Crippen molar-refractivity contribution in [2.24, 2.45) is 0 Å². The van der Waals surface area contributed by atoms with Gasteiger partial charge in [0.05, 0.1) is 11.4 Å². The van der Waals surface area contributed by atoms with Crippen LogP contribution >= 0.6 is 0 Å². The number of hydrogen-bond acceptors (Lipinski definition) is 2. The van der Waals surface area contributed by atoms with Gasteiger partial charge in [0.15, 0.2) is 11.1 Å². The van der Waals surface area contributed by atoms with Gasteiger partial charge in [-0.05, 0) is 26.2 Å². The molecule has 0 aromatic rings. The average Bonchev–Trinajstić information content (AvgIpc) is 1.82. The summed E-state index contributed by atoms with van der Waals surface area (Å²) in [5, 5.41) is 0. The first-order chi connectivity index (χ1) is 5.18. The molecule has 1 unspecified atom stereocenters. The van der Waals surface area contributed by atoms with Gasteiger partial charge in [-0.3, -0.25) is 0 Å². The summed E-state index contributed by atoms with van der Waals surface area (Å²) < 4.78 is 24.6. The van der Waals surface area contributed by atoms with Crippen molar-refractivity contribution in [3.63, 3.8) is 0 Å². The topological polar surface area (TPSA) is 46.5 Å². The van der Waals surface area contributed by atoms with E-state index >= 15 is 0 Å². The second kappa shape index (κ2) is 3.65. The molecule has 1 saturated carbocycles. The molecule has 66 valence electrons. The van der Waals surface area contributed by atoms with E-state index in [2.05, 4.69) is 0 Å². The lowest BCUT2D eigenvalue weighted by Crippen LogP contribution is -2.45. The standard InChI is InChI=1S/C7H14O3S/c1-2-10-7(4-3-5-7)6-11(8)9/h2-6H2,1H3,(H,8,9). The van der Waals surface area contributed by atoms with E-state index in [4.69, 9.17) is 9.29 Å². The molecule has 3 nitrogen and oxygen atoms in total. The van der Waals surface area contributed by atoms with E-state index in [9.17, 15) is 4.21 Å². The third-order valence-electron chi connectivity index (χ3n) is 2.10. The maximum Gasteiger partial charge on any atom is 0.155 e. The molecule has 11 heavy (non-hydrogen) atoms. The summed E-state index contributed by atoms with van der Waals surface area (Å²) in [5.41, 5.74) is -0.256. The Labute approximate surface area is 69.4 Å². The van der Waals surface area contributed by atoms with Gasteiger partial charge in [0.2, 0.25) is 0 Å². The molecule has 0 radical (unpaired) electrons. The van der Waals surface area contributed by atoms with Crippen molar-refractivity contribution in [3.05, 3.63) is 0 Å². The molecular formula is C7H14O3S. The molecule has 0 saturated heterocycles. The first-order valence-corrected chi connectivity index (χ1v) is 5.17. The van der Waals surface area contributed by atoms with Crippen LogP contribution in [0, 0.1) is 0 Å². The quantitative estimate of drug-likeness (QED) is 0.657. The molecule has 0 aromatic heterocycles. The Morgan fingerprint density at radius 2 is 2.27 bits per heavy atom. The fourth-order valence-corrected chi connectivity index (χ4v) is 2.25. The zero-order valence-electron chi connectivity index (χ0n) is 6.71.